The fourth-order valence-corrected chi connectivity index (χ4v) is 2.11. The maximum absolute atomic E-state index is 12.6. The number of halogens is 1. The molecule has 3 atom stereocenters. The number of hydrogen-bond acceptors (Lipinski definition) is 6. The van der Waals surface area contributed by atoms with Crippen LogP contribution in [0, 0.1) is 0 Å². The van der Waals surface area contributed by atoms with Crippen molar-refractivity contribution in [3.8, 4) is 0 Å². The number of aliphatic hydroxyl groups excluding tert-OH is 1. The van der Waals surface area contributed by atoms with E-state index in [0.717, 1.165) is 0 Å². The first kappa shape index (κ1) is 11.3. The Morgan fingerprint density at radius 2 is 2.33 bits per heavy atom. The summed E-state index contributed by atoms with van der Waals surface area (Å²) in [7, 11) is 0. The Morgan fingerprint density at radius 1 is 1.50 bits per heavy atom. The van der Waals surface area contributed by atoms with E-state index in [1.54, 1.807) is 4.57 Å². The number of hydrogen-bond donors (Lipinski definition) is 2. The van der Waals surface area contributed by atoms with E-state index in [1.165, 1.54) is 12.7 Å². The number of fused-ring (bicyclic) bond motifs is 1. The van der Waals surface area contributed by atoms with Crippen molar-refractivity contribution >= 4 is 17.0 Å². The lowest BCUT2D eigenvalue weighted by Crippen LogP contribution is -2.22. The maximum atomic E-state index is 12.6. The van der Waals surface area contributed by atoms with Crippen molar-refractivity contribution in [2.24, 2.45) is 0 Å². The second-order valence-electron chi connectivity index (χ2n) is 4.17. The first-order valence-electron chi connectivity index (χ1n) is 5.53. The van der Waals surface area contributed by atoms with Crippen molar-refractivity contribution in [1.29, 1.82) is 0 Å². The van der Waals surface area contributed by atoms with Crippen molar-refractivity contribution < 1.29 is 14.2 Å². The molecule has 1 fully saturated rings. The molecule has 2 aromatic rings. The largest absolute Gasteiger partial charge is 0.390 e. The first-order chi connectivity index (χ1) is 8.70. The number of imidazole rings is 1. The molecule has 3 heterocycles. The first-order valence-corrected chi connectivity index (χ1v) is 5.53. The smallest absolute Gasteiger partial charge is 0.167 e. The minimum Gasteiger partial charge on any atom is -0.390 e. The van der Waals surface area contributed by atoms with Gasteiger partial charge in [-0.05, 0) is 0 Å². The highest BCUT2D eigenvalue weighted by Crippen LogP contribution is 2.31. The van der Waals surface area contributed by atoms with E-state index in [1.807, 2.05) is 0 Å². The number of nitrogens with two attached hydrogens (primary N) is 1. The van der Waals surface area contributed by atoms with Crippen LogP contribution < -0.4 is 5.73 Å². The van der Waals surface area contributed by atoms with Crippen molar-refractivity contribution in [2.75, 3.05) is 12.4 Å². The van der Waals surface area contributed by atoms with Gasteiger partial charge in [-0.25, -0.2) is 19.3 Å². The predicted octanol–water partition coefficient (Wildman–Crippen LogP) is 0.0264. The van der Waals surface area contributed by atoms with Gasteiger partial charge in [0, 0.05) is 6.42 Å². The molecular formula is C10H12FN5O2. The molecule has 3 rings (SSSR count). The quantitative estimate of drug-likeness (QED) is 0.783. The number of aromatic nitrogens is 4. The predicted molar refractivity (Wildman–Crippen MR) is 60.2 cm³/mol. The number of nitrogen functional groups attached to an aromatic ring is 1. The Morgan fingerprint density at radius 3 is 3.06 bits per heavy atom. The van der Waals surface area contributed by atoms with E-state index in [2.05, 4.69) is 15.0 Å². The monoisotopic (exact) mass is 253 g/mol. The van der Waals surface area contributed by atoms with Gasteiger partial charge in [-0.1, -0.05) is 0 Å². The molecule has 0 amide bonds. The SMILES string of the molecule is Nc1ncnc2c1ncn2[C@H]1C[C@H](O)[C@@H](CF)O1. The molecule has 0 radical (unpaired) electrons. The molecule has 8 heteroatoms. The third-order valence-corrected chi connectivity index (χ3v) is 3.05. The molecule has 2 aromatic heterocycles. The third-order valence-electron chi connectivity index (χ3n) is 3.05. The lowest BCUT2D eigenvalue weighted by molar-refractivity contribution is -0.0279. The molecule has 0 bridgehead atoms. The summed E-state index contributed by atoms with van der Waals surface area (Å²) in [5.41, 5.74) is 6.66. The van der Waals surface area contributed by atoms with E-state index in [9.17, 15) is 9.50 Å². The lowest BCUT2D eigenvalue weighted by atomic mass is 10.2. The van der Waals surface area contributed by atoms with Gasteiger partial charge < -0.3 is 15.6 Å². The Bertz CT molecular complexity index is 574. The van der Waals surface area contributed by atoms with E-state index in [-0.39, 0.29) is 5.82 Å². The zero-order valence-corrected chi connectivity index (χ0v) is 9.40. The summed E-state index contributed by atoms with van der Waals surface area (Å²) in [6.45, 7) is -0.721. The van der Waals surface area contributed by atoms with Gasteiger partial charge in [0.1, 0.15) is 30.9 Å². The van der Waals surface area contributed by atoms with Crippen LogP contribution in [0.2, 0.25) is 0 Å². The molecule has 1 aliphatic heterocycles. The molecule has 0 aliphatic carbocycles. The highest BCUT2D eigenvalue weighted by Gasteiger charge is 2.35. The van der Waals surface area contributed by atoms with Crippen LogP contribution in [-0.4, -0.2) is 43.5 Å². The fourth-order valence-electron chi connectivity index (χ4n) is 2.11. The molecule has 7 nitrogen and oxygen atoms in total. The zero-order chi connectivity index (χ0) is 12.7. The summed E-state index contributed by atoms with van der Waals surface area (Å²) in [5, 5.41) is 9.63. The standard InChI is InChI=1S/C10H12FN5O2/c11-2-6-5(17)1-7(18-6)16-4-15-8-9(12)13-3-14-10(8)16/h3-7,17H,1-2H2,(H2,12,13,14)/t5-,6+,7+/m0/s1. The molecule has 3 N–H and O–H groups in total. The fraction of sp³-hybridized carbons (Fsp3) is 0.500. The van der Waals surface area contributed by atoms with E-state index in [0.29, 0.717) is 17.6 Å². The zero-order valence-electron chi connectivity index (χ0n) is 9.40. The van der Waals surface area contributed by atoms with Gasteiger partial charge in [0.2, 0.25) is 0 Å². The summed E-state index contributed by atoms with van der Waals surface area (Å²) < 4.78 is 19.6. The van der Waals surface area contributed by atoms with Crippen LogP contribution >= 0.6 is 0 Å². The van der Waals surface area contributed by atoms with Gasteiger partial charge in [-0.15, -0.1) is 0 Å². The van der Waals surface area contributed by atoms with Crippen molar-refractivity contribution in [3.63, 3.8) is 0 Å². The minimum absolute atomic E-state index is 0.277. The third kappa shape index (κ3) is 1.61. The van der Waals surface area contributed by atoms with Gasteiger partial charge in [-0.3, -0.25) is 4.57 Å². The molecule has 0 saturated carbocycles. The number of anilines is 1. The Labute approximate surface area is 101 Å². The van der Waals surface area contributed by atoms with Crippen molar-refractivity contribution in [1.82, 2.24) is 19.5 Å². The summed E-state index contributed by atoms with van der Waals surface area (Å²) in [6.07, 6.45) is 1.02. The van der Waals surface area contributed by atoms with E-state index >= 15 is 0 Å². The van der Waals surface area contributed by atoms with Crippen molar-refractivity contribution in [3.05, 3.63) is 12.7 Å². The number of rotatable bonds is 2. The van der Waals surface area contributed by atoms with E-state index in [4.69, 9.17) is 10.5 Å². The maximum Gasteiger partial charge on any atom is 0.167 e. The average molecular weight is 253 g/mol. The minimum atomic E-state index is -0.823. The summed E-state index contributed by atoms with van der Waals surface area (Å²) in [4.78, 5) is 12.0. The Balaban J connectivity index is 1.99. The van der Waals surface area contributed by atoms with Crippen LogP contribution in [0.25, 0.3) is 11.2 Å². The molecule has 1 saturated heterocycles. The number of ether oxygens (including phenoxy) is 1. The van der Waals surface area contributed by atoms with Gasteiger partial charge in [0.15, 0.2) is 11.5 Å². The van der Waals surface area contributed by atoms with Gasteiger partial charge in [-0.2, -0.15) is 0 Å². The van der Waals surface area contributed by atoms with Crippen LogP contribution in [0.4, 0.5) is 10.2 Å². The highest BCUT2D eigenvalue weighted by atomic mass is 19.1. The summed E-state index contributed by atoms with van der Waals surface area (Å²) >= 11 is 0. The molecule has 18 heavy (non-hydrogen) atoms. The van der Waals surface area contributed by atoms with Gasteiger partial charge in [0.05, 0.1) is 12.4 Å². The van der Waals surface area contributed by atoms with E-state index < -0.39 is 25.1 Å². The molecule has 0 aromatic carbocycles. The van der Waals surface area contributed by atoms with Crippen molar-refractivity contribution in [2.45, 2.75) is 24.9 Å². The topological polar surface area (TPSA) is 99.1 Å². The summed E-state index contributed by atoms with van der Waals surface area (Å²) in [6, 6.07) is 0. The number of aliphatic hydroxyl groups is 1. The highest BCUT2D eigenvalue weighted by molar-refractivity contribution is 5.81. The number of alkyl halides is 1. The second-order valence-corrected chi connectivity index (χ2v) is 4.17. The van der Waals surface area contributed by atoms with Gasteiger partial charge in [0.25, 0.3) is 0 Å². The van der Waals surface area contributed by atoms with Crippen LogP contribution in [0.1, 0.15) is 12.6 Å². The normalized spacial score (nSPS) is 28.0. The summed E-state index contributed by atoms with van der Waals surface area (Å²) in [5.74, 6) is 0.277. The Hall–Kier alpha value is -1.80. The van der Waals surface area contributed by atoms with Crippen LogP contribution in [0.5, 0.6) is 0 Å². The lowest BCUT2D eigenvalue weighted by Gasteiger charge is -2.12. The van der Waals surface area contributed by atoms with Crippen LogP contribution in [0.3, 0.4) is 0 Å². The van der Waals surface area contributed by atoms with Crippen LogP contribution in [0.15, 0.2) is 12.7 Å². The average Bonchev–Trinajstić information content (AvgIpc) is 2.93. The van der Waals surface area contributed by atoms with Gasteiger partial charge >= 0.3 is 0 Å². The second kappa shape index (κ2) is 4.14. The molecule has 96 valence electrons. The number of nitrogens with zero attached hydrogens (tertiary/aromatic N) is 4. The Kier molecular flexibility index (Phi) is 2.60. The molecular weight excluding hydrogens is 241 g/mol. The molecule has 0 spiro atoms. The molecule has 0 unspecified atom stereocenters. The van der Waals surface area contributed by atoms with Crippen LogP contribution in [-0.2, 0) is 4.74 Å². The molecule has 1 aliphatic rings.